The van der Waals surface area contributed by atoms with Gasteiger partial charge in [0.05, 0.1) is 19.6 Å². The molecule has 0 spiro atoms. The van der Waals surface area contributed by atoms with E-state index in [4.69, 9.17) is 37.4 Å². The minimum Gasteiger partial charge on any atom is -0.493 e. The van der Waals surface area contributed by atoms with Gasteiger partial charge in [0.15, 0.2) is 21.4 Å². The molecule has 1 aliphatic heterocycles. The van der Waals surface area contributed by atoms with E-state index in [2.05, 4.69) is 44.2 Å². The number of benzene rings is 3. The number of alkyl halides is 2. The van der Waals surface area contributed by atoms with Crippen LogP contribution in [0, 0.1) is 12.3 Å². The molecule has 1 fully saturated rings. The average Bonchev–Trinajstić information content (AvgIpc) is 3.19. The molecule has 0 bridgehead atoms. The highest BCUT2D eigenvalue weighted by atomic mass is 35.5. The van der Waals surface area contributed by atoms with E-state index in [0.29, 0.717) is 11.5 Å². The highest BCUT2D eigenvalue weighted by Crippen LogP contribution is 2.85. The number of methoxy groups -OCH3 is 2. The van der Waals surface area contributed by atoms with Crippen LogP contribution < -0.4 is 14.2 Å². The molecule has 1 saturated carbocycles. The van der Waals surface area contributed by atoms with Crippen LogP contribution in [0.4, 0.5) is 0 Å². The van der Waals surface area contributed by atoms with Crippen LogP contribution in [0.5, 0.6) is 17.2 Å². The van der Waals surface area contributed by atoms with Crippen LogP contribution in [0.3, 0.4) is 0 Å². The van der Waals surface area contributed by atoms with Crippen LogP contribution in [0.15, 0.2) is 66.7 Å². The third-order valence-corrected chi connectivity index (χ3v) is 8.44. The number of hydrogen-bond acceptors (Lipinski definition) is 3. The standard InChI is InChI=1S/C26H24Cl2O3/c1-16-9-5-6-10-18(16)23-19-11-7-8-12-20(19)31-25(24(23,2)26(25,27)28)17-13-14-21(29-3)22(15-17)30-4/h5-15,23H,1-4H3/t23-,24+,25-/m0/s1. The van der Waals surface area contributed by atoms with Crippen molar-refractivity contribution < 1.29 is 14.2 Å². The van der Waals surface area contributed by atoms with Gasteiger partial charge in [-0.15, -0.1) is 0 Å². The lowest BCUT2D eigenvalue weighted by Crippen LogP contribution is -2.33. The Morgan fingerprint density at radius 2 is 1.48 bits per heavy atom. The summed E-state index contributed by atoms with van der Waals surface area (Å²) in [4.78, 5) is 0. The summed E-state index contributed by atoms with van der Waals surface area (Å²) in [7, 11) is 3.24. The zero-order valence-corrected chi connectivity index (χ0v) is 19.4. The average molecular weight is 455 g/mol. The zero-order chi connectivity index (χ0) is 22.0. The van der Waals surface area contributed by atoms with Crippen LogP contribution in [0.2, 0.25) is 0 Å². The van der Waals surface area contributed by atoms with E-state index >= 15 is 0 Å². The normalized spacial score (nSPS) is 27.5. The van der Waals surface area contributed by atoms with Gasteiger partial charge < -0.3 is 14.2 Å². The second-order valence-electron chi connectivity index (χ2n) is 8.46. The maximum atomic E-state index is 7.17. The van der Waals surface area contributed by atoms with Crippen LogP contribution in [-0.2, 0) is 5.60 Å². The molecular weight excluding hydrogens is 431 g/mol. The molecule has 3 aromatic carbocycles. The second-order valence-corrected chi connectivity index (χ2v) is 9.78. The largest absolute Gasteiger partial charge is 0.493 e. The van der Waals surface area contributed by atoms with E-state index in [-0.39, 0.29) is 5.92 Å². The molecule has 3 nitrogen and oxygen atoms in total. The molecule has 3 aromatic rings. The van der Waals surface area contributed by atoms with Crippen molar-refractivity contribution in [3.05, 3.63) is 89.0 Å². The Balaban J connectivity index is 1.78. The quantitative estimate of drug-likeness (QED) is 0.414. The van der Waals surface area contributed by atoms with Crippen molar-refractivity contribution in [2.45, 2.75) is 29.7 Å². The summed E-state index contributed by atoms with van der Waals surface area (Å²) < 4.78 is 16.5. The highest BCUT2D eigenvalue weighted by molar-refractivity contribution is 6.53. The molecule has 1 heterocycles. The van der Waals surface area contributed by atoms with Gasteiger partial charge in [0, 0.05) is 17.0 Å². The van der Waals surface area contributed by atoms with Gasteiger partial charge in [0.25, 0.3) is 0 Å². The van der Waals surface area contributed by atoms with E-state index in [1.54, 1.807) is 14.2 Å². The number of hydrogen-bond donors (Lipinski definition) is 0. The van der Waals surface area contributed by atoms with Gasteiger partial charge in [0.1, 0.15) is 5.75 Å². The number of para-hydroxylation sites is 1. The maximum Gasteiger partial charge on any atom is 0.177 e. The van der Waals surface area contributed by atoms with E-state index in [1.807, 2.05) is 36.4 Å². The SMILES string of the molecule is COc1ccc([C@]23Oc4ccccc4[C@H](c4ccccc4C)[C@@]2(C)C3(Cl)Cl)cc1OC. The summed E-state index contributed by atoms with van der Waals surface area (Å²) in [5.41, 5.74) is 2.81. The number of fused-ring (bicyclic) bond motifs is 2. The van der Waals surface area contributed by atoms with E-state index < -0.39 is 15.3 Å². The van der Waals surface area contributed by atoms with Crippen LogP contribution in [0.1, 0.15) is 35.1 Å². The summed E-state index contributed by atoms with van der Waals surface area (Å²) in [6.45, 7) is 4.25. The first-order chi connectivity index (χ1) is 14.8. The second kappa shape index (κ2) is 6.82. The van der Waals surface area contributed by atoms with Gasteiger partial charge >= 0.3 is 0 Å². The molecule has 0 amide bonds. The molecule has 0 saturated heterocycles. The van der Waals surface area contributed by atoms with Crippen molar-refractivity contribution in [1.29, 1.82) is 0 Å². The number of aryl methyl sites for hydroxylation is 1. The zero-order valence-electron chi connectivity index (χ0n) is 17.9. The lowest BCUT2D eigenvalue weighted by atomic mass is 9.73. The van der Waals surface area contributed by atoms with Crippen molar-refractivity contribution in [1.82, 2.24) is 0 Å². The predicted molar refractivity (Wildman–Crippen MR) is 124 cm³/mol. The summed E-state index contributed by atoms with van der Waals surface area (Å²) in [5, 5.41) is 0. The Bertz CT molecular complexity index is 1170. The predicted octanol–water partition coefficient (Wildman–Crippen LogP) is 6.63. The first-order valence-electron chi connectivity index (χ1n) is 10.3. The number of ether oxygens (including phenoxy) is 3. The van der Waals surface area contributed by atoms with E-state index in [0.717, 1.165) is 16.9 Å². The fourth-order valence-electron chi connectivity index (χ4n) is 5.44. The summed E-state index contributed by atoms with van der Waals surface area (Å²) >= 11 is 14.3. The van der Waals surface area contributed by atoms with Crippen molar-refractivity contribution >= 4 is 23.2 Å². The minimum absolute atomic E-state index is 0.0400. The van der Waals surface area contributed by atoms with Gasteiger partial charge in [-0.1, -0.05) is 78.7 Å². The van der Waals surface area contributed by atoms with Crippen molar-refractivity contribution in [3.63, 3.8) is 0 Å². The van der Waals surface area contributed by atoms with Crippen LogP contribution >= 0.6 is 23.2 Å². The Hall–Kier alpha value is -2.36. The minimum atomic E-state index is -1.16. The van der Waals surface area contributed by atoms with Crippen LogP contribution in [-0.4, -0.2) is 18.6 Å². The third-order valence-electron chi connectivity index (χ3n) is 7.12. The van der Waals surface area contributed by atoms with Crippen molar-refractivity contribution in [3.8, 4) is 17.2 Å². The summed E-state index contributed by atoms with van der Waals surface area (Å²) in [5.74, 6) is 2.02. The smallest absolute Gasteiger partial charge is 0.177 e. The number of halogens is 2. The maximum absolute atomic E-state index is 7.17. The lowest BCUT2D eigenvalue weighted by Gasteiger charge is -2.37. The van der Waals surface area contributed by atoms with Crippen molar-refractivity contribution in [2.75, 3.05) is 14.2 Å². The molecule has 5 rings (SSSR count). The molecule has 0 aromatic heterocycles. The van der Waals surface area contributed by atoms with Crippen LogP contribution in [0.25, 0.3) is 0 Å². The first kappa shape index (κ1) is 20.5. The Morgan fingerprint density at radius 1 is 0.839 bits per heavy atom. The van der Waals surface area contributed by atoms with Gasteiger partial charge in [-0.3, -0.25) is 0 Å². The highest BCUT2D eigenvalue weighted by Gasteiger charge is 2.91. The molecule has 160 valence electrons. The fraction of sp³-hybridized carbons (Fsp3) is 0.308. The molecule has 2 aliphatic rings. The van der Waals surface area contributed by atoms with Crippen molar-refractivity contribution in [2.24, 2.45) is 5.41 Å². The monoisotopic (exact) mass is 454 g/mol. The molecule has 31 heavy (non-hydrogen) atoms. The first-order valence-corrected chi connectivity index (χ1v) is 11.0. The fourth-order valence-corrected chi connectivity index (χ4v) is 6.52. The topological polar surface area (TPSA) is 27.7 Å². The summed E-state index contributed by atoms with van der Waals surface area (Å²) in [6.07, 6.45) is 0. The van der Waals surface area contributed by atoms with Gasteiger partial charge in [-0.05, 0) is 36.2 Å². The van der Waals surface area contributed by atoms with Gasteiger partial charge in [0.2, 0.25) is 0 Å². The van der Waals surface area contributed by atoms with Gasteiger partial charge in [-0.2, -0.15) is 0 Å². The lowest BCUT2D eigenvalue weighted by molar-refractivity contribution is 0.101. The molecule has 0 radical (unpaired) electrons. The Kier molecular flexibility index (Phi) is 4.52. The Labute approximate surface area is 192 Å². The van der Waals surface area contributed by atoms with E-state index in [9.17, 15) is 0 Å². The number of rotatable bonds is 4. The van der Waals surface area contributed by atoms with Gasteiger partial charge in [-0.25, -0.2) is 0 Å². The summed E-state index contributed by atoms with van der Waals surface area (Å²) in [6, 6.07) is 22.3. The third kappa shape index (κ3) is 2.42. The molecule has 3 atom stereocenters. The molecule has 0 N–H and O–H groups in total. The molecule has 1 aliphatic carbocycles. The molecule has 5 heteroatoms. The van der Waals surface area contributed by atoms with E-state index in [1.165, 1.54) is 11.1 Å². The Morgan fingerprint density at radius 3 is 2.16 bits per heavy atom. The molecule has 0 unspecified atom stereocenters. The molecular formula is C26H24Cl2O3.